The number of carbonyl (C=O) groups is 2. The Morgan fingerprint density at radius 1 is 1.18 bits per heavy atom. The Labute approximate surface area is 157 Å². The molecule has 0 saturated heterocycles. The van der Waals surface area contributed by atoms with Gasteiger partial charge in [0.05, 0.1) is 12.2 Å². The van der Waals surface area contributed by atoms with Crippen LogP contribution >= 0.6 is 0 Å². The van der Waals surface area contributed by atoms with Crippen LogP contribution in [-0.4, -0.2) is 30.2 Å². The van der Waals surface area contributed by atoms with Crippen molar-refractivity contribution >= 4 is 11.9 Å². The number of halogens is 3. The van der Waals surface area contributed by atoms with Crippen LogP contribution in [0.25, 0.3) is 0 Å². The van der Waals surface area contributed by atoms with Crippen molar-refractivity contribution in [3.63, 3.8) is 0 Å². The molecule has 2 N–H and O–H groups in total. The van der Waals surface area contributed by atoms with E-state index in [1.54, 1.807) is 18.2 Å². The molecule has 2 aromatic carbocycles. The Morgan fingerprint density at radius 2 is 1.89 bits per heavy atom. The lowest BCUT2D eigenvalue weighted by molar-refractivity contribution is -0.142. The fraction of sp³-hybridized carbons (Fsp3) is 0.263. The predicted molar refractivity (Wildman–Crippen MR) is 91.1 cm³/mol. The summed E-state index contributed by atoms with van der Waals surface area (Å²) >= 11 is 0. The van der Waals surface area contributed by atoms with E-state index in [-0.39, 0.29) is 5.75 Å². The van der Waals surface area contributed by atoms with Crippen molar-refractivity contribution < 1.29 is 37.3 Å². The third-order valence-corrected chi connectivity index (χ3v) is 4.15. The number of hydrogen-bond acceptors (Lipinski definition) is 4. The standard InChI is InChI=1S/C19H16F3NO5/c20-19(21,22)13-2-4-14(5-3-13)28-10-16(24)23-17(18(25)26)12-1-6-15-11(9-12)7-8-27-15/h1-6,9,17H,7-8,10H2,(H,23,24)(H,25,26). The maximum atomic E-state index is 12.5. The third-order valence-electron chi connectivity index (χ3n) is 4.15. The fourth-order valence-electron chi connectivity index (χ4n) is 2.77. The summed E-state index contributed by atoms with van der Waals surface area (Å²) in [5.74, 6) is -1.22. The van der Waals surface area contributed by atoms with Crippen molar-refractivity contribution in [1.29, 1.82) is 0 Å². The van der Waals surface area contributed by atoms with Crippen LogP contribution in [0.3, 0.4) is 0 Å². The summed E-state index contributed by atoms with van der Waals surface area (Å²) in [4.78, 5) is 23.6. The maximum absolute atomic E-state index is 12.5. The molecule has 0 spiro atoms. The van der Waals surface area contributed by atoms with Crippen molar-refractivity contribution in [2.45, 2.75) is 18.6 Å². The molecule has 0 aliphatic carbocycles. The number of nitrogens with one attached hydrogen (secondary N) is 1. The van der Waals surface area contributed by atoms with Gasteiger partial charge in [-0.15, -0.1) is 0 Å². The number of aliphatic carboxylic acids is 1. The Hall–Kier alpha value is -3.23. The predicted octanol–water partition coefficient (Wildman–Crippen LogP) is 2.96. The Kier molecular flexibility index (Phi) is 5.43. The topological polar surface area (TPSA) is 84.9 Å². The van der Waals surface area contributed by atoms with Gasteiger partial charge in [0.25, 0.3) is 5.91 Å². The molecular weight excluding hydrogens is 379 g/mol. The quantitative estimate of drug-likeness (QED) is 0.786. The van der Waals surface area contributed by atoms with Crippen LogP contribution < -0.4 is 14.8 Å². The zero-order chi connectivity index (χ0) is 20.3. The molecule has 1 unspecified atom stereocenters. The van der Waals surface area contributed by atoms with E-state index in [1.165, 1.54) is 0 Å². The first kappa shape index (κ1) is 19.5. The number of fused-ring (bicyclic) bond motifs is 1. The molecule has 0 saturated carbocycles. The summed E-state index contributed by atoms with van der Waals surface area (Å²) in [6, 6.07) is 7.43. The first-order valence-corrected chi connectivity index (χ1v) is 8.32. The number of carboxylic acids is 1. The number of amides is 1. The van der Waals surface area contributed by atoms with Gasteiger partial charge in [-0.1, -0.05) is 6.07 Å². The molecule has 0 bridgehead atoms. The number of rotatable bonds is 6. The number of alkyl halides is 3. The van der Waals surface area contributed by atoms with Crippen LogP contribution in [0.4, 0.5) is 13.2 Å². The van der Waals surface area contributed by atoms with Gasteiger partial charge in [0.15, 0.2) is 12.6 Å². The van der Waals surface area contributed by atoms with Gasteiger partial charge in [0.2, 0.25) is 0 Å². The van der Waals surface area contributed by atoms with Gasteiger partial charge in [0.1, 0.15) is 11.5 Å². The van der Waals surface area contributed by atoms with E-state index in [2.05, 4.69) is 5.32 Å². The van der Waals surface area contributed by atoms with Crippen molar-refractivity contribution in [1.82, 2.24) is 5.32 Å². The summed E-state index contributed by atoms with van der Waals surface area (Å²) in [7, 11) is 0. The SMILES string of the molecule is O=C(COc1ccc(C(F)(F)F)cc1)NC(C(=O)O)c1ccc2c(c1)CCO2. The third kappa shape index (κ3) is 4.54. The molecule has 2 aromatic rings. The number of ether oxygens (including phenoxy) is 2. The minimum absolute atomic E-state index is 0.0599. The lowest BCUT2D eigenvalue weighted by atomic mass is 10.0. The first-order valence-electron chi connectivity index (χ1n) is 8.32. The average molecular weight is 395 g/mol. The highest BCUT2D eigenvalue weighted by atomic mass is 19.4. The van der Waals surface area contributed by atoms with Crippen LogP contribution in [0.1, 0.15) is 22.7 Å². The highest BCUT2D eigenvalue weighted by molar-refractivity contribution is 5.85. The molecule has 28 heavy (non-hydrogen) atoms. The highest BCUT2D eigenvalue weighted by Crippen LogP contribution is 2.30. The largest absolute Gasteiger partial charge is 0.493 e. The molecule has 1 amide bonds. The van der Waals surface area contributed by atoms with E-state index in [1.807, 2.05) is 0 Å². The van der Waals surface area contributed by atoms with E-state index in [0.29, 0.717) is 24.3 Å². The molecule has 9 heteroatoms. The van der Waals surface area contributed by atoms with Gasteiger partial charge >= 0.3 is 12.1 Å². The van der Waals surface area contributed by atoms with Crippen LogP contribution in [0.15, 0.2) is 42.5 Å². The smallest absolute Gasteiger partial charge is 0.416 e. The fourth-order valence-corrected chi connectivity index (χ4v) is 2.77. The second kappa shape index (κ2) is 7.79. The lowest BCUT2D eigenvalue weighted by Crippen LogP contribution is -2.36. The number of benzene rings is 2. The van der Waals surface area contributed by atoms with Crippen LogP contribution in [0.5, 0.6) is 11.5 Å². The zero-order valence-electron chi connectivity index (χ0n) is 14.5. The van der Waals surface area contributed by atoms with Crippen LogP contribution in [-0.2, 0) is 22.2 Å². The molecule has 1 heterocycles. The minimum Gasteiger partial charge on any atom is -0.493 e. The molecule has 0 radical (unpaired) electrons. The van der Waals surface area contributed by atoms with Crippen LogP contribution in [0.2, 0.25) is 0 Å². The van der Waals surface area contributed by atoms with Gasteiger partial charge < -0.3 is 19.9 Å². The molecular formula is C19H16F3NO5. The molecule has 6 nitrogen and oxygen atoms in total. The molecule has 0 fully saturated rings. The Balaban J connectivity index is 1.61. The van der Waals surface area contributed by atoms with Gasteiger partial charge in [-0.25, -0.2) is 4.79 Å². The average Bonchev–Trinajstić information content (AvgIpc) is 3.11. The zero-order valence-corrected chi connectivity index (χ0v) is 14.5. The van der Waals surface area contributed by atoms with E-state index >= 15 is 0 Å². The molecule has 0 aromatic heterocycles. The molecule has 1 atom stereocenters. The van der Waals surface area contributed by atoms with Crippen molar-refractivity contribution in [2.24, 2.45) is 0 Å². The van der Waals surface area contributed by atoms with Gasteiger partial charge in [0, 0.05) is 6.42 Å². The minimum atomic E-state index is -4.47. The van der Waals surface area contributed by atoms with Gasteiger partial charge in [-0.3, -0.25) is 4.79 Å². The summed E-state index contributed by atoms with van der Waals surface area (Å²) in [5.41, 5.74) is 0.412. The van der Waals surface area contributed by atoms with Gasteiger partial charge in [-0.2, -0.15) is 13.2 Å². The van der Waals surface area contributed by atoms with Crippen LogP contribution in [0, 0.1) is 0 Å². The second-order valence-electron chi connectivity index (χ2n) is 6.12. The highest BCUT2D eigenvalue weighted by Gasteiger charge is 2.30. The molecule has 1 aliphatic rings. The first-order chi connectivity index (χ1) is 13.2. The van der Waals surface area contributed by atoms with Gasteiger partial charge in [-0.05, 0) is 47.5 Å². The second-order valence-corrected chi connectivity index (χ2v) is 6.12. The van der Waals surface area contributed by atoms with E-state index < -0.39 is 36.3 Å². The number of carboxylic acid groups (broad SMARTS) is 1. The molecule has 1 aliphatic heterocycles. The Bertz CT molecular complexity index is 880. The summed E-state index contributed by atoms with van der Waals surface area (Å²) in [6.07, 6.45) is -3.81. The summed E-state index contributed by atoms with van der Waals surface area (Å²) in [5, 5.41) is 11.8. The Morgan fingerprint density at radius 3 is 2.54 bits per heavy atom. The number of carbonyl (C=O) groups excluding carboxylic acids is 1. The summed E-state index contributed by atoms with van der Waals surface area (Å²) in [6.45, 7) is -0.0208. The normalized spacial score (nSPS) is 14.0. The van der Waals surface area contributed by atoms with E-state index in [9.17, 15) is 27.9 Å². The monoisotopic (exact) mass is 395 g/mol. The number of hydrogen-bond donors (Lipinski definition) is 2. The van der Waals surface area contributed by atoms with Crippen molar-refractivity contribution in [2.75, 3.05) is 13.2 Å². The van der Waals surface area contributed by atoms with Crippen molar-refractivity contribution in [3.8, 4) is 11.5 Å². The van der Waals surface area contributed by atoms with E-state index in [4.69, 9.17) is 9.47 Å². The van der Waals surface area contributed by atoms with E-state index in [0.717, 1.165) is 29.8 Å². The van der Waals surface area contributed by atoms with Crippen molar-refractivity contribution in [3.05, 3.63) is 59.2 Å². The maximum Gasteiger partial charge on any atom is 0.416 e. The lowest BCUT2D eigenvalue weighted by Gasteiger charge is -2.16. The summed E-state index contributed by atoms with van der Waals surface area (Å²) < 4.78 is 48.1. The molecule has 148 valence electrons. The molecule has 3 rings (SSSR count).